The number of hydrogen-bond acceptors (Lipinski definition) is 4. The number of carbonyl (C=O) groups excluding carboxylic acids is 2. The summed E-state index contributed by atoms with van der Waals surface area (Å²) in [5.41, 5.74) is -1.22. The molecule has 0 bridgehead atoms. The van der Waals surface area contributed by atoms with E-state index in [0.717, 1.165) is 12.1 Å². The van der Waals surface area contributed by atoms with E-state index in [-0.39, 0.29) is 25.5 Å². The van der Waals surface area contributed by atoms with E-state index >= 15 is 0 Å². The van der Waals surface area contributed by atoms with Gasteiger partial charge < -0.3 is 19.3 Å². The number of nitrogens with zero attached hydrogens (tertiary/aromatic N) is 2. The molecule has 2 fully saturated rings. The quantitative estimate of drug-likeness (QED) is 0.665. The highest BCUT2D eigenvalue weighted by atomic mass is 19.1. The Hall–Kier alpha value is -3.00. The van der Waals surface area contributed by atoms with Crippen molar-refractivity contribution in [3.05, 3.63) is 65.7 Å². The molecule has 0 radical (unpaired) electrons. The Morgan fingerprint density at radius 2 is 1.64 bits per heavy atom. The van der Waals surface area contributed by atoms with Crippen molar-refractivity contribution >= 4 is 11.8 Å². The van der Waals surface area contributed by atoms with Crippen LogP contribution in [0.5, 0.6) is 5.75 Å². The molecule has 0 saturated carbocycles. The normalized spacial score (nSPS) is 21.0. The van der Waals surface area contributed by atoms with E-state index in [9.17, 15) is 18.4 Å². The Bertz CT molecular complexity index is 961. The third-order valence-corrected chi connectivity index (χ3v) is 6.30. The van der Waals surface area contributed by atoms with Crippen LogP contribution in [0.15, 0.2) is 48.5 Å². The molecule has 4 rings (SSSR count). The van der Waals surface area contributed by atoms with Gasteiger partial charge in [0.05, 0.1) is 19.8 Å². The molecule has 0 spiro atoms. The van der Waals surface area contributed by atoms with E-state index in [4.69, 9.17) is 9.47 Å². The lowest BCUT2D eigenvalue weighted by molar-refractivity contribution is -0.139. The van der Waals surface area contributed by atoms with Crippen molar-refractivity contribution in [2.45, 2.75) is 19.3 Å². The zero-order chi connectivity index (χ0) is 23.3. The van der Waals surface area contributed by atoms with Crippen LogP contribution in [0.2, 0.25) is 0 Å². The molecule has 6 nitrogen and oxygen atoms in total. The minimum atomic E-state index is -0.888. The minimum absolute atomic E-state index is 0.0265. The fraction of sp³-hybridized carbons (Fsp3) is 0.440. The van der Waals surface area contributed by atoms with Gasteiger partial charge in [0.2, 0.25) is 5.91 Å². The molecular formula is C25H28F2N2O4. The molecule has 2 aliphatic rings. The standard InChI is InChI=1S/C25H28F2N2O4/c26-20-8-4-9-21(27)23(20)24(31)29-11-5-10-25(17-29,18-33-19-6-2-1-3-7-19)16-22(30)28-12-14-32-15-13-28/h1-4,6-9H,5,10-18H2/t25-/m0/s1. The molecular weight excluding hydrogens is 430 g/mol. The summed E-state index contributed by atoms with van der Waals surface area (Å²) in [5, 5.41) is 0. The predicted octanol–water partition coefficient (Wildman–Crippen LogP) is 3.52. The average molecular weight is 459 g/mol. The summed E-state index contributed by atoms with van der Waals surface area (Å²) in [7, 11) is 0. The number of piperidine rings is 1. The van der Waals surface area contributed by atoms with E-state index in [2.05, 4.69) is 0 Å². The number of likely N-dealkylation sites (tertiary alicyclic amines) is 1. The summed E-state index contributed by atoms with van der Waals surface area (Å²) in [6, 6.07) is 12.7. The largest absolute Gasteiger partial charge is 0.493 e. The second-order valence-corrected chi connectivity index (χ2v) is 8.70. The van der Waals surface area contributed by atoms with Gasteiger partial charge in [0, 0.05) is 38.0 Å². The molecule has 0 aliphatic carbocycles. The molecule has 1 atom stereocenters. The third kappa shape index (κ3) is 5.50. The first kappa shape index (κ1) is 23.2. The number of rotatable bonds is 6. The first-order chi connectivity index (χ1) is 16.0. The number of morpholine rings is 1. The molecule has 2 saturated heterocycles. The number of benzene rings is 2. The summed E-state index contributed by atoms with van der Waals surface area (Å²) < 4.78 is 40.0. The lowest BCUT2D eigenvalue weighted by atomic mass is 9.77. The van der Waals surface area contributed by atoms with Crippen LogP contribution >= 0.6 is 0 Å². The number of carbonyl (C=O) groups is 2. The van der Waals surface area contributed by atoms with Crippen LogP contribution in [0.25, 0.3) is 0 Å². The van der Waals surface area contributed by atoms with Gasteiger partial charge in [-0.25, -0.2) is 8.78 Å². The maximum atomic E-state index is 14.3. The first-order valence-corrected chi connectivity index (χ1v) is 11.2. The zero-order valence-corrected chi connectivity index (χ0v) is 18.5. The highest BCUT2D eigenvalue weighted by Gasteiger charge is 2.42. The van der Waals surface area contributed by atoms with E-state index in [1.807, 2.05) is 30.3 Å². The van der Waals surface area contributed by atoms with Gasteiger partial charge in [-0.05, 0) is 37.1 Å². The maximum Gasteiger partial charge on any atom is 0.259 e. The van der Waals surface area contributed by atoms with Crippen molar-refractivity contribution in [3.8, 4) is 5.75 Å². The van der Waals surface area contributed by atoms with E-state index in [1.54, 1.807) is 4.90 Å². The highest BCUT2D eigenvalue weighted by molar-refractivity contribution is 5.95. The molecule has 2 aromatic rings. The lowest BCUT2D eigenvalue weighted by Crippen LogP contribution is -2.52. The summed E-state index contributed by atoms with van der Waals surface area (Å²) in [6.45, 7) is 2.81. The van der Waals surface area contributed by atoms with Gasteiger partial charge in [-0.2, -0.15) is 0 Å². The molecule has 33 heavy (non-hydrogen) atoms. The van der Waals surface area contributed by atoms with Gasteiger partial charge in [0.15, 0.2) is 0 Å². The Morgan fingerprint density at radius 1 is 0.939 bits per heavy atom. The Kier molecular flexibility index (Phi) is 7.23. The van der Waals surface area contributed by atoms with Gasteiger partial charge in [-0.3, -0.25) is 9.59 Å². The summed E-state index contributed by atoms with van der Waals surface area (Å²) >= 11 is 0. The van der Waals surface area contributed by atoms with Crippen LogP contribution in [-0.2, 0) is 9.53 Å². The van der Waals surface area contributed by atoms with Crippen LogP contribution in [-0.4, -0.2) is 67.6 Å². The molecule has 8 heteroatoms. The summed E-state index contributed by atoms with van der Waals surface area (Å²) in [6.07, 6.45) is 1.46. The molecule has 0 aromatic heterocycles. The van der Waals surface area contributed by atoms with Crippen molar-refractivity contribution in [2.24, 2.45) is 5.41 Å². The number of para-hydroxylation sites is 1. The van der Waals surface area contributed by atoms with Crippen LogP contribution in [0, 0.1) is 17.0 Å². The minimum Gasteiger partial charge on any atom is -0.493 e. The Labute approximate surface area is 192 Å². The van der Waals surface area contributed by atoms with Gasteiger partial charge in [0.1, 0.15) is 22.9 Å². The van der Waals surface area contributed by atoms with Gasteiger partial charge in [-0.15, -0.1) is 0 Å². The average Bonchev–Trinajstić information content (AvgIpc) is 2.84. The molecule has 176 valence electrons. The van der Waals surface area contributed by atoms with Crippen LogP contribution in [0.4, 0.5) is 8.78 Å². The van der Waals surface area contributed by atoms with Crippen molar-refractivity contribution in [1.82, 2.24) is 9.80 Å². The second-order valence-electron chi connectivity index (χ2n) is 8.70. The number of ether oxygens (including phenoxy) is 2. The van der Waals surface area contributed by atoms with Gasteiger partial charge >= 0.3 is 0 Å². The molecule has 2 heterocycles. The number of halogens is 2. The molecule has 0 unspecified atom stereocenters. The SMILES string of the molecule is O=C(C[C@@]1(COc2ccccc2)CCCN(C(=O)c2c(F)cccc2F)C1)N1CCOCC1. The van der Waals surface area contributed by atoms with E-state index < -0.39 is 28.5 Å². The van der Waals surface area contributed by atoms with Crippen molar-refractivity contribution in [1.29, 1.82) is 0 Å². The number of amides is 2. The van der Waals surface area contributed by atoms with Crippen molar-refractivity contribution < 1.29 is 27.8 Å². The van der Waals surface area contributed by atoms with Crippen molar-refractivity contribution in [3.63, 3.8) is 0 Å². The summed E-state index contributed by atoms with van der Waals surface area (Å²) in [4.78, 5) is 29.4. The van der Waals surface area contributed by atoms with E-state index in [1.165, 1.54) is 11.0 Å². The zero-order valence-electron chi connectivity index (χ0n) is 18.5. The topological polar surface area (TPSA) is 59.1 Å². The lowest BCUT2D eigenvalue weighted by Gasteiger charge is -2.43. The second kappa shape index (κ2) is 10.3. The van der Waals surface area contributed by atoms with E-state index in [0.29, 0.717) is 51.4 Å². The smallest absolute Gasteiger partial charge is 0.259 e. The predicted molar refractivity (Wildman–Crippen MR) is 118 cm³/mol. The van der Waals surface area contributed by atoms with Crippen LogP contribution < -0.4 is 4.74 Å². The van der Waals surface area contributed by atoms with Crippen LogP contribution in [0.3, 0.4) is 0 Å². The third-order valence-electron chi connectivity index (χ3n) is 6.30. The molecule has 2 aliphatic heterocycles. The molecule has 0 N–H and O–H groups in total. The summed E-state index contributed by atoms with van der Waals surface area (Å²) in [5.74, 6) is -1.84. The van der Waals surface area contributed by atoms with Crippen molar-refractivity contribution in [2.75, 3.05) is 46.0 Å². The van der Waals surface area contributed by atoms with Gasteiger partial charge in [-0.1, -0.05) is 24.3 Å². The highest BCUT2D eigenvalue weighted by Crippen LogP contribution is 2.36. The van der Waals surface area contributed by atoms with Gasteiger partial charge in [0.25, 0.3) is 5.91 Å². The van der Waals surface area contributed by atoms with Crippen LogP contribution in [0.1, 0.15) is 29.6 Å². The molecule has 2 aromatic carbocycles. The monoisotopic (exact) mass is 458 g/mol. The fourth-order valence-electron chi connectivity index (χ4n) is 4.55. The first-order valence-electron chi connectivity index (χ1n) is 11.2. The fourth-order valence-corrected chi connectivity index (χ4v) is 4.55. The molecule has 2 amide bonds. The maximum absolute atomic E-state index is 14.3. The Morgan fingerprint density at radius 3 is 2.33 bits per heavy atom. The number of hydrogen-bond donors (Lipinski definition) is 0. The Balaban J connectivity index is 1.56.